The molecule has 3 unspecified atom stereocenters. The van der Waals surface area contributed by atoms with Gasteiger partial charge in [0.2, 0.25) is 0 Å². The Kier molecular flexibility index (Phi) is 9.83. The molecule has 5 atom stereocenters. The lowest BCUT2D eigenvalue weighted by atomic mass is 9.82. The van der Waals surface area contributed by atoms with E-state index in [1.165, 1.54) is 25.5 Å². The van der Waals surface area contributed by atoms with Gasteiger partial charge in [0.25, 0.3) is 0 Å². The van der Waals surface area contributed by atoms with Gasteiger partial charge in [-0.2, -0.15) is 10.4 Å². The molecule has 230 valence electrons. The number of aromatic nitrogens is 2. The zero-order valence-corrected chi connectivity index (χ0v) is 26.4. The second-order valence-corrected chi connectivity index (χ2v) is 12.8. The lowest BCUT2D eigenvalue weighted by molar-refractivity contribution is -0.212. The molecule has 2 aliphatic rings. The number of nitriles is 1. The molecule has 0 bridgehead atoms. The van der Waals surface area contributed by atoms with Gasteiger partial charge in [-0.25, -0.2) is 0 Å². The van der Waals surface area contributed by atoms with Crippen molar-refractivity contribution in [3.8, 4) is 6.07 Å². The summed E-state index contributed by atoms with van der Waals surface area (Å²) in [5.74, 6) is -1.84. The van der Waals surface area contributed by atoms with Crippen molar-refractivity contribution in [2.24, 2.45) is 0 Å². The molecule has 12 nitrogen and oxygen atoms in total. The van der Waals surface area contributed by atoms with Crippen LogP contribution in [0, 0.1) is 11.3 Å². The second-order valence-electron chi connectivity index (χ2n) is 11.2. The van der Waals surface area contributed by atoms with E-state index in [0.717, 1.165) is 11.8 Å². The van der Waals surface area contributed by atoms with E-state index in [1.807, 2.05) is 27.7 Å². The first-order valence-electron chi connectivity index (χ1n) is 13.5. The van der Waals surface area contributed by atoms with Crippen molar-refractivity contribution in [2.75, 3.05) is 6.61 Å². The van der Waals surface area contributed by atoms with Crippen LogP contribution in [-0.4, -0.2) is 76.4 Å². The third-order valence-corrected chi connectivity index (χ3v) is 8.87. The van der Waals surface area contributed by atoms with Gasteiger partial charge in [0.15, 0.2) is 12.2 Å². The maximum Gasteiger partial charge on any atom is 0.498 e. The molecular formula is C28H33BClN3O9S. The zero-order valence-electron chi connectivity index (χ0n) is 24.9. The van der Waals surface area contributed by atoms with Gasteiger partial charge in [0, 0.05) is 48.5 Å². The number of esters is 3. The van der Waals surface area contributed by atoms with E-state index in [2.05, 4.69) is 11.2 Å². The molecule has 2 fully saturated rings. The Hall–Kier alpha value is -3.09. The summed E-state index contributed by atoms with van der Waals surface area (Å²) < 4.78 is 37.0. The number of hydrogen-bond donors (Lipinski definition) is 0. The first kappa shape index (κ1) is 32.8. The predicted molar refractivity (Wildman–Crippen MR) is 155 cm³/mol. The SMILES string of the molecule is CC(=O)OCC1O[C@H](Sc2cc(Cl)ccc2C#N)C(OC(C)=O)C(n2cc(B3OC(C)(C)C(C)(C)O3)cn2)[C@H]1OC(C)=O. The third kappa shape index (κ3) is 7.35. The highest BCUT2D eigenvalue weighted by Gasteiger charge is 2.54. The minimum absolute atomic E-state index is 0.278. The Bertz CT molecular complexity index is 1410. The molecule has 2 saturated heterocycles. The average Bonchev–Trinajstić information content (AvgIpc) is 3.46. The van der Waals surface area contributed by atoms with Crippen LogP contribution in [0.4, 0.5) is 0 Å². The molecular weight excluding hydrogens is 601 g/mol. The number of ether oxygens (including phenoxy) is 4. The minimum atomic E-state index is -1.11. The van der Waals surface area contributed by atoms with Gasteiger partial charge in [-0.3, -0.25) is 19.1 Å². The van der Waals surface area contributed by atoms with E-state index >= 15 is 0 Å². The van der Waals surface area contributed by atoms with Gasteiger partial charge in [-0.15, -0.1) is 0 Å². The Morgan fingerprint density at radius 2 is 1.70 bits per heavy atom. The predicted octanol–water partition coefficient (Wildman–Crippen LogP) is 3.19. The summed E-state index contributed by atoms with van der Waals surface area (Å²) in [5, 5.41) is 14.6. The van der Waals surface area contributed by atoms with Crippen LogP contribution in [0.5, 0.6) is 0 Å². The average molecular weight is 634 g/mol. The van der Waals surface area contributed by atoms with E-state index in [0.29, 0.717) is 20.9 Å². The molecule has 4 rings (SSSR count). The zero-order chi connectivity index (χ0) is 31.7. The summed E-state index contributed by atoms with van der Waals surface area (Å²) in [6, 6.07) is 5.90. The molecule has 2 aromatic rings. The molecule has 1 aromatic heterocycles. The lowest BCUT2D eigenvalue weighted by Gasteiger charge is -2.45. The highest BCUT2D eigenvalue weighted by Crippen LogP contribution is 2.43. The maximum absolute atomic E-state index is 12.4. The van der Waals surface area contributed by atoms with Crippen molar-refractivity contribution < 1.29 is 42.6 Å². The highest BCUT2D eigenvalue weighted by molar-refractivity contribution is 7.99. The number of thioether (sulfide) groups is 1. The summed E-state index contributed by atoms with van der Waals surface area (Å²) >= 11 is 7.32. The Morgan fingerprint density at radius 3 is 2.28 bits per heavy atom. The number of nitrogens with zero attached hydrogens (tertiary/aromatic N) is 3. The molecule has 15 heteroatoms. The van der Waals surface area contributed by atoms with Crippen LogP contribution in [0.15, 0.2) is 35.5 Å². The maximum atomic E-state index is 12.4. The lowest BCUT2D eigenvalue weighted by Crippen LogP contribution is -2.57. The van der Waals surface area contributed by atoms with Crippen LogP contribution in [0.1, 0.15) is 60.1 Å². The molecule has 0 amide bonds. The van der Waals surface area contributed by atoms with Crippen LogP contribution in [-0.2, 0) is 42.6 Å². The molecule has 3 heterocycles. The molecule has 0 spiro atoms. The molecule has 0 saturated carbocycles. The summed E-state index contributed by atoms with van der Waals surface area (Å²) in [7, 11) is -0.746. The Labute approximate surface area is 259 Å². The van der Waals surface area contributed by atoms with E-state index in [1.54, 1.807) is 30.6 Å². The summed E-state index contributed by atoms with van der Waals surface area (Å²) in [6.45, 7) is 11.1. The molecule has 0 radical (unpaired) electrons. The molecule has 0 N–H and O–H groups in total. The molecule has 1 aromatic carbocycles. The second kappa shape index (κ2) is 12.9. The van der Waals surface area contributed by atoms with Crippen LogP contribution in [0.2, 0.25) is 5.02 Å². The van der Waals surface area contributed by atoms with Gasteiger partial charge >= 0.3 is 25.0 Å². The fraction of sp³-hybridized carbons (Fsp3) is 0.536. The van der Waals surface area contributed by atoms with Crippen LogP contribution in [0.3, 0.4) is 0 Å². The van der Waals surface area contributed by atoms with Gasteiger partial charge in [0.1, 0.15) is 30.3 Å². The topological polar surface area (TPSA) is 148 Å². The normalized spacial score (nSPS) is 25.9. The number of carbonyl (C=O) groups excluding carboxylic acids is 3. The summed E-state index contributed by atoms with van der Waals surface area (Å²) in [4.78, 5) is 37.0. The molecule has 2 aliphatic heterocycles. The first-order valence-corrected chi connectivity index (χ1v) is 14.8. The fourth-order valence-electron chi connectivity index (χ4n) is 4.71. The van der Waals surface area contributed by atoms with Gasteiger partial charge in [-0.05, 0) is 45.9 Å². The number of rotatable bonds is 8. The smallest absolute Gasteiger partial charge is 0.463 e. The fourth-order valence-corrected chi connectivity index (χ4v) is 6.18. The summed E-state index contributed by atoms with van der Waals surface area (Å²) in [6.07, 6.45) is 0.00379. The van der Waals surface area contributed by atoms with E-state index in [9.17, 15) is 19.6 Å². The van der Waals surface area contributed by atoms with E-state index in [-0.39, 0.29) is 6.61 Å². The van der Waals surface area contributed by atoms with E-state index in [4.69, 9.17) is 39.9 Å². The van der Waals surface area contributed by atoms with Crippen molar-refractivity contribution in [1.29, 1.82) is 5.26 Å². The van der Waals surface area contributed by atoms with E-state index < -0.39 is 66.0 Å². The molecule has 0 aliphatic carbocycles. The van der Waals surface area contributed by atoms with Crippen molar-refractivity contribution >= 4 is 53.9 Å². The quantitative estimate of drug-likeness (QED) is 0.239. The standard InChI is InChI=1S/C28H33BClN3O9S/c1-15(34)37-14-21-24(38-16(2)35)23(33-13-19(12-32-33)29-41-27(4,5)28(6,7)42-29)25(39-17(3)36)26(40-21)43-22-10-20(30)9-8-18(22)11-31/h8-10,12-13,21,23-26H,14H2,1-7H3/t21?,23?,24-,25?,26+/m0/s1. The van der Waals surface area contributed by atoms with Crippen LogP contribution in [0.25, 0.3) is 0 Å². The third-order valence-electron chi connectivity index (χ3n) is 7.43. The van der Waals surface area contributed by atoms with Gasteiger partial charge in [0.05, 0.1) is 16.8 Å². The van der Waals surface area contributed by atoms with Crippen molar-refractivity contribution in [2.45, 2.75) is 94.4 Å². The monoisotopic (exact) mass is 633 g/mol. The van der Waals surface area contributed by atoms with Crippen LogP contribution < -0.4 is 5.46 Å². The number of halogens is 1. The highest BCUT2D eigenvalue weighted by atomic mass is 35.5. The van der Waals surface area contributed by atoms with Crippen molar-refractivity contribution in [1.82, 2.24) is 9.78 Å². The summed E-state index contributed by atoms with van der Waals surface area (Å²) in [5.41, 5.74) is -1.29. The van der Waals surface area contributed by atoms with Crippen LogP contribution >= 0.6 is 23.4 Å². The Morgan fingerprint density at radius 1 is 1.07 bits per heavy atom. The van der Waals surface area contributed by atoms with Crippen molar-refractivity contribution in [3.05, 3.63) is 41.2 Å². The van der Waals surface area contributed by atoms with Crippen molar-refractivity contribution in [3.63, 3.8) is 0 Å². The Balaban J connectivity index is 1.80. The number of benzene rings is 1. The minimum Gasteiger partial charge on any atom is -0.463 e. The first-order chi connectivity index (χ1) is 20.1. The number of hydrogen-bond acceptors (Lipinski definition) is 12. The largest absolute Gasteiger partial charge is 0.498 e. The number of carbonyl (C=O) groups is 3. The van der Waals surface area contributed by atoms with Gasteiger partial charge in [-0.1, -0.05) is 23.4 Å². The van der Waals surface area contributed by atoms with Gasteiger partial charge < -0.3 is 28.3 Å². The molecule has 43 heavy (non-hydrogen) atoms.